The van der Waals surface area contributed by atoms with Crippen LogP contribution in [0.3, 0.4) is 0 Å². The molecule has 0 aliphatic carbocycles. The lowest BCUT2D eigenvalue weighted by atomic mass is 10.1. The Morgan fingerprint density at radius 2 is 2.22 bits per heavy atom. The van der Waals surface area contributed by atoms with Gasteiger partial charge < -0.3 is 9.15 Å². The summed E-state index contributed by atoms with van der Waals surface area (Å²) >= 11 is 11.6. The highest BCUT2D eigenvalue weighted by Crippen LogP contribution is 2.32. The number of alkyl halides is 1. The zero-order valence-corrected chi connectivity index (χ0v) is 11.5. The third-order valence-corrected chi connectivity index (χ3v) is 3.01. The summed E-state index contributed by atoms with van der Waals surface area (Å²) in [7, 11) is 1.60. The SMILES string of the molecule is COc1cc(Cl)ccc1-c1cnc(CCCCl)o1. The summed E-state index contributed by atoms with van der Waals surface area (Å²) in [6.45, 7) is 0. The Bertz CT molecular complexity index is 525. The molecule has 0 aliphatic rings. The second-order valence-corrected chi connectivity index (χ2v) is 4.57. The molecule has 96 valence electrons. The number of ether oxygens (including phenoxy) is 1. The first kappa shape index (κ1) is 13.2. The predicted octanol–water partition coefficient (Wildman–Crippen LogP) is 4.18. The number of hydrogen-bond acceptors (Lipinski definition) is 3. The van der Waals surface area contributed by atoms with Crippen LogP contribution >= 0.6 is 23.2 Å². The Balaban J connectivity index is 2.28. The molecule has 0 saturated carbocycles. The number of benzene rings is 1. The molecule has 2 rings (SSSR count). The minimum atomic E-state index is 0.599. The van der Waals surface area contributed by atoms with E-state index in [-0.39, 0.29) is 0 Å². The zero-order chi connectivity index (χ0) is 13.0. The van der Waals surface area contributed by atoms with E-state index in [0.717, 1.165) is 18.4 Å². The van der Waals surface area contributed by atoms with Gasteiger partial charge in [-0.1, -0.05) is 11.6 Å². The highest BCUT2D eigenvalue weighted by Gasteiger charge is 2.11. The number of aromatic nitrogens is 1. The summed E-state index contributed by atoms with van der Waals surface area (Å²) in [6, 6.07) is 5.39. The van der Waals surface area contributed by atoms with Gasteiger partial charge in [-0.15, -0.1) is 11.6 Å². The van der Waals surface area contributed by atoms with E-state index in [1.54, 1.807) is 25.4 Å². The number of halogens is 2. The van der Waals surface area contributed by atoms with Gasteiger partial charge in [0.15, 0.2) is 11.7 Å². The molecule has 5 heteroatoms. The molecule has 1 aromatic heterocycles. The average molecular weight is 286 g/mol. The summed E-state index contributed by atoms with van der Waals surface area (Å²) in [6.07, 6.45) is 3.27. The molecule has 18 heavy (non-hydrogen) atoms. The van der Waals surface area contributed by atoms with Crippen molar-refractivity contribution in [3.8, 4) is 17.1 Å². The maximum absolute atomic E-state index is 5.92. The first-order chi connectivity index (χ1) is 8.74. The Morgan fingerprint density at radius 1 is 1.39 bits per heavy atom. The molecule has 1 aromatic carbocycles. The summed E-state index contributed by atoms with van der Waals surface area (Å²) < 4.78 is 10.9. The van der Waals surface area contributed by atoms with E-state index in [2.05, 4.69) is 4.98 Å². The monoisotopic (exact) mass is 285 g/mol. The lowest BCUT2D eigenvalue weighted by molar-refractivity contribution is 0.413. The van der Waals surface area contributed by atoms with Gasteiger partial charge in [0.1, 0.15) is 5.75 Å². The van der Waals surface area contributed by atoms with Crippen LogP contribution in [0.1, 0.15) is 12.3 Å². The molecule has 0 amide bonds. The molecule has 0 saturated heterocycles. The topological polar surface area (TPSA) is 35.3 Å². The highest BCUT2D eigenvalue weighted by atomic mass is 35.5. The zero-order valence-electron chi connectivity index (χ0n) is 9.95. The van der Waals surface area contributed by atoms with Gasteiger partial charge in [0, 0.05) is 17.3 Å². The maximum atomic E-state index is 5.92. The molecule has 0 bridgehead atoms. The normalized spacial score (nSPS) is 10.6. The summed E-state index contributed by atoms with van der Waals surface area (Å²) in [4.78, 5) is 4.21. The summed E-state index contributed by atoms with van der Waals surface area (Å²) in [5, 5.41) is 0.623. The number of oxazole rings is 1. The minimum Gasteiger partial charge on any atom is -0.496 e. The van der Waals surface area contributed by atoms with Crippen molar-refractivity contribution in [1.29, 1.82) is 0 Å². The second-order valence-electron chi connectivity index (χ2n) is 3.76. The van der Waals surface area contributed by atoms with Gasteiger partial charge in [0.25, 0.3) is 0 Å². The molecule has 0 aliphatic heterocycles. The van der Waals surface area contributed by atoms with E-state index in [9.17, 15) is 0 Å². The Labute approximate surface area is 116 Å². The van der Waals surface area contributed by atoms with Crippen LogP contribution in [0.25, 0.3) is 11.3 Å². The lowest BCUT2D eigenvalue weighted by Crippen LogP contribution is -1.87. The van der Waals surface area contributed by atoms with Crippen molar-refractivity contribution < 1.29 is 9.15 Å². The molecule has 1 heterocycles. The fourth-order valence-corrected chi connectivity index (χ4v) is 1.93. The van der Waals surface area contributed by atoms with Crippen molar-refractivity contribution in [3.05, 3.63) is 35.3 Å². The first-order valence-electron chi connectivity index (χ1n) is 5.59. The van der Waals surface area contributed by atoms with E-state index in [4.69, 9.17) is 32.4 Å². The molecule has 0 spiro atoms. The Morgan fingerprint density at radius 3 is 2.94 bits per heavy atom. The molecule has 0 radical (unpaired) electrons. The average Bonchev–Trinajstić information content (AvgIpc) is 2.84. The van der Waals surface area contributed by atoms with Crippen molar-refractivity contribution in [2.45, 2.75) is 12.8 Å². The molecule has 3 nitrogen and oxygen atoms in total. The number of rotatable bonds is 5. The van der Waals surface area contributed by atoms with E-state index in [1.807, 2.05) is 6.07 Å². The highest BCUT2D eigenvalue weighted by molar-refractivity contribution is 6.30. The van der Waals surface area contributed by atoms with E-state index in [0.29, 0.717) is 28.3 Å². The number of aryl methyl sites for hydroxylation is 1. The Kier molecular flexibility index (Phi) is 4.50. The quantitative estimate of drug-likeness (QED) is 0.774. The molecule has 0 atom stereocenters. The summed E-state index contributed by atoms with van der Waals surface area (Å²) in [5.41, 5.74) is 0.839. The maximum Gasteiger partial charge on any atom is 0.194 e. The van der Waals surface area contributed by atoms with Gasteiger partial charge in [-0.05, 0) is 24.6 Å². The third kappa shape index (κ3) is 2.98. The molecule has 2 aromatic rings. The van der Waals surface area contributed by atoms with Crippen LogP contribution in [0.15, 0.2) is 28.8 Å². The largest absolute Gasteiger partial charge is 0.496 e. The van der Waals surface area contributed by atoms with Crippen LogP contribution in [0.5, 0.6) is 5.75 Å². The van der Waals surface area contributed by atoms with Crippen LogP contribution in [-0.4, -0.2) is 18.0 Å². The molecule has 0 N–H and O–H groups in total. The van der Waals surface area contributed by atoms with Crippen molar-refractivity contribution >= 4 is 23.2 Å². The van der Waals surface area contributed by atoms with Crippen LogP contribution in [-0.2, 0) is 6.42 Å². The third-order valence-electron chi connectivity index (χ3n) is 2.51. The van der Waals surface area contributed by atoms with Gasteiger partial charge in [-0.3, -0.25) is 0 Å². The van der Waals surface area contributed by atoms with Crippen molar-refractivity contribution in [1.82, 2.24) is 4.98 Å². The molecule has 0 fully saturated rings. The first-order valence-corrected chi connectivity index (χ1v) is 6.50. The van der Waals surface area contributed by atoms with Gasteiger partial charge in [0.2, 0.25) is 0 Å². The van der Waals surface area contributed by atoms with Gasteiger partial charge >= 0.3 is 0 Å². The van der Waals surface area contributed by atoms with Gasteiger partial charge in [0.05, 0.1) is 18.9 Å². The van der Waals surface area contributed by atoms with E-state index < -0.39 is 0 Å². The van der Waals surface area contributed by atoms with Crippen molar-refractivity contribution in [3.63, 3.8) is 0 Å². The lowest BCUT2D eigenvalue weighted by Gasteiger charge is -2.05. The predicted molar refractivity (Wildman–Crippen MR) is 72.5 cm³/mol. The fraction of sp³-hybridized carbons (Fsp3) is 0.308. The minimum absolute atomic E-state index is 0.599. The van der Waals surface area contributed by atoms with E-state index >= 15 is 0 Å². The Hall–Kier alpha value is -1.19. The van der Waals surface area contributed by atoms with Crippen LogP contribution < -0.4 is 4.74 Å². The molecular weight excluding hydrogens is 273 g/mol. The van der Waals surface area contributed by atoms with Crippen molar-refractivity contribution in [2.75, 3.05) is 13.0 Å². The number of methoxy groups -OCH3 is 1. The van der Waals surface area contributed by atoms with Gasteiger partial charge in [-0.25, -0.2) is 4.98 Å². The standard InChI is InChI=1S/C13H13Cl2NO2/c1-17-11-7-9(15)4-5-10(11)12-8-16-13(18-12)3-2-6-14/h4-5,7-8H,2-3,6H2,1H3. The van der Waals surface area contributed by atoms with Crippen LogP contribution in [0.4, 0.5) is 0 Å². The van der Waals surface area contributed by atoms with Crippen molar-refractivity contribution in [2.24, 2.45) is 0 Å². The fourth-order valence-electron chi connectivity index (χ4n) is 1.64. The van der Waals surface area contributed by atoms with Crippen LogP contribution in [0.2, 0.25) is 5.02 Å². The molecular formula is C13H13Cl2NO2. The number of hydrogen-bond donors (Lipinski definition) is 0. The number of nitrogens with zero attached hydrogens (tertiary/aromatic N) is 1. The summed E-state index contributed by atoms with van der Waals surface area (Å²) in [5.74, 6) is 2.63. The van der Waals surface area contributed by atoms with E-state index in [1.165, 1.54) is 0 Å². The molecule has 0 unspecified atom stereocenters. The second kappa shape index (κ2) is 6.12. The van der Waals surface area contributed by atoms with Crippen LogP contribution in [0, 0.1) is 0 Å². The van der Waals surface area contributed by atoms with Gasteiger partial charge in [-0.2, -0.15) is 0 Å². The smallest absolute Gasteiger partial charge is 0.194 e.